The summed E-state index contributed by atoms with van der Waals surface area (Å²) in [4.78, 5) is 31.3. The molecule has 0 amide bonds. The molecule has 0 spiro atoms. The van der Waals surface area contributed by atoms with E-state index in [9.17, 15) is 0 Å². The number of pyridine rings is 2. The Bertz CT molecular complexity index is 3620. The fraction of sp³-hybridized carbons (Fsp3) is 0.0357. The van der Waals surface area contributed by atoms with Gasteiger partial charge in [-0.25, -0.2) is 29.9 Å². The number of imidazole rings is 1. The molecule has 0 N–H and O–H groups in total. The Hall–Kier alpha value is -8.42. The summed E-state index contributed by atoms with van der Waals surface area (Å²) in [5.74, 6) is 2.71. The number of hydrogen-bond donors (Lipinski definition) is 0. The first-order valence-electron chi connectivity index (χ1n) is 21.3. The van der Waals surface area contributed by atoms with Crippen LogP contribution in [0.3, 0.4) is 0 Å². The number of para-hydroxylation sites is 2. The van der Waals surface area contributed by atoms with Gasteiger partial charge in [-0.15, -0.1) is 0 Å². The summed E-state index contributed by atoms with van der Waals surface area (Å²) < 4.78 is 2.28. The van der Waals surface area contributed by atoms with Crippen LogP contribution in [-0.2, 0) is 6.42 Å². The molecule has 7 nitrogen and oxygen atoms in total. The quantitative estimate of drug-likeness (QED) is 0.149. The summed E-state index contributed by atoms with van der Waals surface area (Å²) in [6, 6.07) is 67.0. The average Bonchev–Trinajstić information content (AvgIpc) is 3.75. The molecule has 0 unspecified atom stereocenters. The first kappa shape index (κ1) is 36.4. The zero-order chi connectivity index (χ0) is 41.9. The molecule has 0 radical (unpaired) electrons. The van der Waals surface area contributed by atoms with Gasteiger partial charge in [0, 0.05) is 45.1 Å². The maximum atomic E-state index is 5.33. The van der Waals surface area contributed by atoms with Crippen LogP contribution in [-0.4, -0.2) is 34.5 Å². The number of aryl methyl sites for hydroxylation is 1. The minimum absolute atomic E-state index is 0.506. The molecule has 0 bridgehead atoms. The number of fused-ring (bicyclic) bond motifs is 7. The van der Waals surface area contributed by atoms with Crippen molar-refractivity contribution in [2.75, 3.05) is 0 Å². The Kier molecular flexibility index (Phi) is 8.64. The topological polar surface area (TPSA) is 82.3 Å². The lowest BCUT2D eigenvalue weighted by atomic mass is 9.97. The molecule has 0 saturated carbocycles. The maximum Gasteiger partial charge on any atom is 0.182 e. The minimum Gasteiger partial charge on any atom is -0.296 e. The summed E-state index contributed by atoms with van der Waals surface area (Å²) in [7, 11) is 0. The van der Waals surface area contributed by atoms with Gasteiger partial charge < -0.3 is 0 Å². The Morgan fingerprint density at radius 1 is 0.397 bits per heavy atom. The molecule has 12 aromatic rings. The second kappa shape index (κ2) is 14.9. The van der Waals surface area contributed by atoms with Crippen molar-refractivity contribution in [1.29, 1.82) is 0 Å². The molecule has 4 aromatic heterocycles. The fourth-order valence-electron chi connectivity index (χ4n) is 9.03. The molecule has 296 valence electrons. The molecule has 0 atom stereocenters. The highest BCUT2D eigenvalue weighted by Crippen LogP contribution is 2.39. The van der Waals surface area contributed by atoms with Crippen molar-refractivity contribution in [3.63, 3.8) is 0 Å². The lowest BCUT2D eigenvalue weighted by Crippen LogP contribution is -2.02. The van der Waals surface area contributed by atoms with Crippen LogP contribution in [0.15, 0.2) is 194 Å². The SMILES string of the molecule is CCc1nc2c3c(-c4ccc(-c5cccc(-c6nc(-c7cccc8ccccc78)nc(-c7cccc8ccccc78)n6)n5)cc4)nc4ccccc4c3ccc2n1-c1ccccc1. The van der Waals surface area contributed by atoms with Crippen LogP contribution in [0.25, 0.3) is 117 Å². The molecule has 0 fully saturated rings. The van der Waals surface area contributed by atoms with Crippen molar-refractivity contribution in [2.45, 2.75) is 13.3 Å². The van der Waals surface area contributed by atoms with E-state index in [2.05, 4.69) is 175 Å². The van der Waals surface area contributed by atoms with Crippen molar-refractivity contribution in [3.8, 4) is 62.5 Å². The third-order valence-corrected chi connectivity index (χ3v) is 12.0. The number of hydrogen-bond acceptors (Lipinski definition) is 6. The van der Waals surface area contributed by atoms with Crippen LogP contribution < -0.4 is 0 Å². The largest absolute Gasteiger partial charge is 0.296 e. The number of benzene rings is 8. The zero-order valence-electron chi connectivity index (χ0n) is 34.3. The molecule has 0 saturated heterocycles. The number of aromatic nitrogens is 7. The van der Waals surface area contributed by atoms with Gasteiger partial charge in [-0.05, 0) is 63.3 Å². The summed E-state index contributed by atoms with van der Waals surface area (Å²) >= 11 is 0. The van der Waals surface area contributed by atoms with Gasteiger partial charge in [-0.1, -0.05) is 165 Å². The summed E-state index contributed by atoms with van der Waals surface area (Å²) in [5.41, 5.74) is 10.3. The summed E-state index contributed by atoms with van der Waals surface area (Å²) in [5, 5.41) is 7.67. The van der Waals surface area contributed by atoms with Gasteiger partial charge in [0.15, 0.2) is 17.5 Å². The molecule has 0 aliphatic heterocycles. The van der Waals surface area contributed by atoms with Gasteiger partial charge in [0.1, 0.15) is 11.5 Å². The first-order valence-corrected chi connectivity index (χ1v) is 21.3. The van der Waals surface area contributed by atoms with Crippen LogP contribution >= 0.6 is 0 Å². The van der Waals surface area contributed by atoms with Crippen LogP contribution in [0.2, 0.25) is 0 Å². The van der Waals surface area contributed by atoms with Crippen LogP contribution in [0, 0.1) is 0 Å². The van der Waals surface area contributed by atoms with E-state index in [1.165, 1.54) is 0 Å². The van der Waals surface area contributed by atoms with Gasteiger partial charge in [-0.2, -0.15) is 0 Å². The Balaban J connectivity index is 0.987. The highest BCUT2D eigenvalue weighted by atomic mass is 15.1. The molecular formula is C56H37N7. The Morgan fingerprint density at radius 3 is 1.67 bits per heavy atom. The van der Waals surface area contributed by atoms with E-state index in [1.54, 1.807) is 0 Å². The predicted octanol–water partition coefficient (Wildman–Crippen LogP) is 13.5. The monoisotopic (exact) mass is 807 g/mol. The third kappa shape index (κ3) is 6.20. The summed E-state index contributed by atoms with van der Waals surface area (Å²) in [6.45, 7) is 2.16. The number of rotatable bonds is 7. The van der Waals surface area contributed by atoms with Gasteiger partial charge >= 0.3 is 0 Å². The van der Waals surface area contributed by atoms with Crippen LogP contribution in [0.1, 0.15) is 12.7 Å². The molecule has 63 heavy (non-hydrogen) atoms. The van der Waals surface area contributed by atoms with E-state index >= 15 is 0 Å². The van der Waals surface area contributed by atoms with Gasteiger partial charge in [0.2, 0.25) is 0 Å². The third-order valence-electron chi connectivity index (χ3n) is 12.0. The second-order valence-electron chi connectivity index (χ2n) is 15.7. The molecule has 4 heterocycles. The van der Waals surface area contributed by atoms with E-state index in [-0.39, 0.29) is 0 Å². The fourth-order valence-corrected chi connectivity index (χ4v) is 9.03. The van der Waals surface area contributed by atoms with Gasteiger partial charge in [0.05, 0.1) is 27.9 Å². The van der Waals surface area contributed by atoms with Crippen molar-refractivity contribution in [2.24, 2.45) is 0 Å². The molecule has 0 aliphatic carbocycles. The average molecular weight is 808 g/mol. The molecular weight excluding hydrogens is 771 g/mol. The van der Waals surface area contributed by atoms with E-state index in [0.717, 1.165) is 106 Å². The minimum atomic E-state index is 0.506. The van der Waals surface area contributed by atoms with Crippen LogP contribution in [0.4, 0.5) is 0 Å². The van der Waals surface area contributed by atoms with Gasteiger partial charge in [-0.3, -0.25) is 4.57 Å². The maximum absolute atomic E-state index is 5.33. The van der Waals surface area contributed by atoms with Crippen molar-refractivity contribution < 1.29 is 0 Å². The smallest absolute Gasteiger partial charge is 0.182 e. The zero-order valence-corrected chi connectivity index (χ0v) is 34.3. The first-order chi connectivity index (χ1) is 31.2. The molecule has 12 rings (SSSR count). The molecule has 0 aliphatic rings. The second-order valence-corrected chi connectivity index (χ2v) is 15.7. The molecule has 7 heteroatoms. The summed E-state index contributed by atoms with van der Waals surface area (Å²) in [6.07, 6.45) is 0.793. The van der Waals surface area contributed by atoms with Crippen LogP contribution in [0.5, 0.6) is 0 Å². The molecule has 8 aromatic carbocycles. The Labute approximate surface area is 363 Å². The normalized spacial score (nSPS) is 11.6. The van der Waals surface area contributed by atoms with Crippen molar-refractivity contribution >= 4 is 54.3 Å². The number of nitrogens with zero attached hydrogens (tertiary/aromatic N) is 7. The highest BCUT2D eigenvalue weighted by molar-refractivity contribution is 6.20. The van der Waals surface area contributed by atoms with E-state index in [4.69, 9.17) is 29.9 Å². The van der Waals surface area contributed by atoms with E-state index < -0.39 is 0 Å². The van der Waals surface area contributed by atoms with E-state index in [0.29, 0.717) is 23.2 Å². The highest BCUT2D eigenvalue weighted by Gasteiger charge is 2.21. The standard InChI is InChI=1S/C56H37N7/c1-2-50-59-53-49(63(50)39-19-4-3-5-20-39)34-33-43-42-23-10-11-26-47(42)58-52(51(43)53)38-31-29-37(30-32-38)46-27-14-28-48(57-46)56-61-54(44-24-12-17-35-15-6-8-21-40(35)44)60-55(62-56)45-25-13-18-36-16-7-9-22-41(36)45/h3-34H,2H2,1H3. The van der Waals surface area contributed by atoms with Gasteiger partial charge in [0.25, 0.3) is 0 Å². The van der Waals surface area contributed by atoms with Crippen molar-refractivity contribution in [3.05, 3.63) is 200 Å². The lowest BCUT2D eigenvalue weighted by Gasteiger charge is -2.13. The lowest BCUT2D eigenvalue weighted by molar-refractivity contribution is 0.908. The van der Waals surface area contributed by atoms with E-state index in [1.807, 2.05) is 30.3 Å². The van der Waals surface area contributed by atoms with Crippen molar-refractivity contribution in [1.82, 2.24) is 34.5 Å². The predicted molar refractivity (Wildman–Crippen MR) is 257 cm³/mol. The Morgan fingerprint density at radius 2 is 0.968 bits per heavy atom.